The highest BCUT2D eigenvalue weighted by molar-refractivity contribution is 6.30. The molecule has 2 atom stereocenters. The van der Waals surface area contributed by atoms with Crippen LogP contribution in [0.15, 0.2) is 48.5 Å². The fourth-order valence-electron chi connectivity index (χ4n) is 6.41. The number of ether oxygens (including phenoxy) is 1. The lowest BCUT2D eigenvalue weighted by Gasteiger charge is -2.21. The van der Waals surface area contributed by atoms with Gasteiger partial charge in [0, 0.05) is 73.6 Å². The molecule has 51 heavy (non-hydrogen) atoms. The number of nitro groups is 2. The van der Waals surface area contributed by atoms with Crippen LogP contribution in [0.4, 0.5) is 11.4 Å². The first-order valence-corrected chi connectivity index (χ1v) is 17.7. The van der Waals surface area contributed by atoms with E-state index in [1.165, 1.54) is 0 Å². The molecule has 2 heterocycles. The fraction of sp³-hybridized carbons (Fsp3) is 0.432. The van der Waals surface area contributed by atoms with Crippen molar-refractivity contribution in [2.45, 2.75) is 64.5 Å². The van der Waals surface area contributed by atoms with Crippen molar-refractivity contribution in [3.63, 3.8) is 0 Å². The van der Waals surface area contributed by atoms with Crippen LogP contribution in [-0.2, 0) is 30.4 Å². The summed E-state index contributed by atoms with van der Waals surface area (Å²) in [5, 5.41) is 41.2. The van der Waals surface area contributed by atoms with E-state index in [1.54, 1.807) is 50.2 Å². The van der Waals surface area contributed by atoms with Gasteiger partial charge in [0.05, 0.1) is 34.7 Å². The Morgan fingerprint density at radius 2 is 1.31 bits per heavy atom. The van der Waals surface area contributed by atoms with E-state index in [-0.39, 0.29) is 16.5 Å². The highest BCUT2D eigenvalue weighted by Crippen LogP contribution is 2.34. The van der Waals surface area contributed by atoms with E-state index >= 15 is 0 Å². The van der Waals surface area contributed by atoms with E-state index in [0.717, 1.165) is 72.5 Å². The van der Waals surface area contributed by atoms with E-state index in [0.29, 0.717) is 53.4 Å². The molecule has 2 unspecified atom stereocenters. The lowest BCUT2D eigenvalue weighted by molar-refractivity contribution is -0.517. The van der Waals surface area contributed by atoms with E-state index in [4.69, 9.17) is 27.9 Å². The van der Waals surface area contributed by atoms with Crippen LogP contribution in [0.3, 0.4) is 0 Å². The smallest absolute Gasteiger partial charge is 0.338 e. The van der Waals surface area contributed by atoms with Gasteiger partial charge in [0.1, 0.15) is 12.1 Å². The predicted molar refractivity (Wildman–Crippen MR) is 196 cm³/mol. The molecule has 0 saturated heterocycles. The topological polar surface area (TPSA) is 167 Å². The monoisotopic (exact) mass is 734 g/mol. The molecule has 268 valence electrons. The third-order valence-corrected chi connectivity index (χ3v) is 9.42. The van der Waals surface area contributed by atoms with Crippen molar-refractivity contribution in [3.8, 4) is 12.1 Å². The van der Waals surface area contributed by atoms with Crippen LogP contribution < -0.4 is 9.80 Å². The van der Waals surface area contributed by atoms with E-state index < -0.39 is 18.1 Å². The van der Waals surface area contributed by atoms with Gasteiger partial charge in [0.15, 0.2) is 0 Å². The van der Waals surface area contributed by atoms with E-state index in [1.807, 2.05) is 12.1 Å². The summed E-state index contributed by atoms with van der Waals surface area (Å²) in [5.74, 6) is 0.211. The van der Waals surface area contributed by atoms with Gasteiger partial charge in [-0.15, -0.1) is 11.6 Å². The lowest BCUT2D eigenvalue weighted by atomic mass is 9.99. The molecule has 0 aliphatic carbocycles. The lowest BCUT2D eigenvalue weighted by Crippen LogP contribution is -2.24. The van der Waals surface area contributed by atoms with Crippen molar-refractivity contribution in [1.82, 2.24) is 0 Å². The molecule has 0 radical (unpaired) electrons. The summed E-state index contributed by atoms with van der Waals surface area (Å²) in [6.45, 7) is 6.57. The standard InChI is InChI=1S/C22H22ClN3O4.C15H18ClN3O2/c1-15(26(28)29)11-16-12-18-7-9-25(21(18)19(13-16)14-24)8-2-10-30-22(27)17-3-5-20(23)6-4-17;1-11(19(20)21)7-12-8-13-3-6-18(5-2-4-16)15(13)14(9-12)10-17/h3-6,12-13,15H,2,7-11H2,1H3;8-9,11H,2-7H2,1H3. The molecule has 3 aromatic carbocycles. The van der Waals surface area contributed by atoms with Crippen molar-refractivity contribution in [2.75, 3.05) is 48.5 Å². The molecule has 2 aliphatic heterocycles. The Balaban J connectivity index is 0.000000244. The first kappa shape index (κ1) is 38.9. The van der Waals surface area contributed by atoms with Gasteiger partial charge >= 0.3 is 5.97 Å². The van der Waals surface area contributed by atoms with Crippen LogP contribution >= 0.6 is 23.2 Å². The van der Waals surface area contributed by atoms with Gasteiger partial charge in [-0.2, -0.15) is 10.5 Å². The summed E-state index contributed by atoms with van der Waals surface area (Å²) < 4.78 is 5.32. The number of rotatable bonds is 14. The number of anilines is 2. The Hall–Kier alpha value is -4.91. The zero-order valence-corrected chi connectivity index (χ0v) is 30.2. The second-order valence-corrected chi connectivity index (χ2v) is 13.5. The Labute approximate surface area is 307 Å². The summed E-state index contributed by atoms with van der Waals surface area (Å²) in [6.07, 6.45) is 3.84. The van der Waals surface area contributed by atoms with Crippen LogP contribution in [0.5, 0.6) is 0 Å². The SMILES string of the molecule is CC(Cc1cc(C#N)c2c(c1)CCN2CCCCl)[N+](=O)[O-].CC(Cc1cc(C#N)c2c(c1)CCN2CCCOC(=O)c1ccc(Cl)cc1)[N+](=O)[O-]. The van der Waals surface area contributed by atoms with Crippen LogP contribution in [0.25, 0.3) is 0 Å². The number of carbonyl (C=O) groups is 1. The number of halogens is 2. The fourth-order valence-corrected chi connectivity index (χ4v) is 6.65. The first-order chi connectivity index (χ1) is 24.4. The average Bonchev–Trinajstić information content (AvgIpc) is 3.72. The molecule has 5 rings (SSSR count). The van der Waals surface area contributed by atoms with Crippen molar-refractivity contribution < 1.29 is 19.4 Å². The number of nitriles is 2. The molecule has 14 heteroatoms. The number of hydrogen-bond donors (Lipinski definition) is 0. The van der Waals surface area contributed by atoms with E-state index in [9.17, 15) is 35.5 Å². The Morgan fingerprint density at radius 3 is 1.75 bits per heavy atom. The quantitative estimate of drug-likeness (QED) is 0.0566. The van der Waals surface area contributed by atoms with Crippen LogP contribution in [0, 0.1) is 42.9 Å². The van der Waals surface area contributed by atoms with Crippen LogP contribution in [0.2, 0.25) is 5.02 Å². The van der Waals surface area contributed by atoms with Gasteiger partial charge in [-0.1, -0.05) is 23.7 Å². The second-order valence-electron chi connectivity index (χ2n) is 12.7. The zero-order valence-electron chi connectivity index (χ0n) is 28.6. The summed E-state index contributed by atoms with van der Waals surface area (Å²) in [7, 11) is 0. The Morgan fingerprint density at radius 1 is 0.843 bits per heavy atom. The summed E-state index contributed by atoms with van der Waals surface area (Å²) in [5.41, 5.74) is 7.32. The molecule has 0 fully saturated rings. The maximum atomic E-state index is 12.1. The molecule has 2 aliphatic rings. The molecule has 0 amide bonds. The molecule has 3 aromatic rings. The number of carbonyl (C=O) groups excluding carboxylic acids is 1. The van der Waals surface area contributed by atoms with Gasteiger partial charge in [0.2, 0.25) is 12.1 Å². The van der Waals surface area contributed by atoms with Crippen molar-refractivity contribution in [1.29, 1.82) is 10.5 Å². The Bertz CT molecular complexity index is 1820. The van der Waals surface area contributed by atoms with Gasteiger partial charge in [-0.25, -0.2) is 4.79 Å². The van der Waals surface area contributed by atoms with Crippen molar-refractivity contribution in [3.05, 3.63) is 113 Å². The number of alkyl halides is 1. The summed E-state index contributed by atoms with van der Waals surface area (Å²) in [6, 6.07) is 17.2. The highest BCUT2D eigenvalue weighted by atomic mass is 35.5. The number of hydrogen-bond acceptors (Lipinski definition) is 10. The Kier molecular flexibility index (Phi) is 14.0. The molecular formula is C37H40Cl2N6O6. The van der Waals surface area contributed by atoms with Crippen LogP contribution in [0.1, 0.15) is 70.4 Å². The maximum Gasteiger partial charge on any atom is 0.338 e. The number of fused-ring (bicyclic) bond motifs is 2. The molecule has 0 aromatic heterocycles. The minimum absolute atomic E-state index is 0.271. The molecule has 12 nitrogen and oxygen atoms in total. The predicted octanol–water partition coefficient (Wildman–Crippen LogP) is 6.79. The normalized spacial score (nSPS) is 13.9. The van der Waals surface area contributed by atoms with Crippen molar-refractivity contribution >= 4 is 40.5 Å². The molecule has 0 saturated carbocycles. The maximum absolute atomic E-state index is 12.1. The highest BCUT2D eigenvalue weighted by Gasteiger charge is 2.26. The third-order valence-electron chi connectivity index (χ3n) is 8.90. The molecule has 0 N–H and O–H groups in total. The largest absolute Gasteiger partial charge is 0.462 e. The summed E-state index contributed by atoms with van der Waals surface area (Å²) >= 11 is 11.6. The molecule has 0 bridgehead atoms. The second kappa shape index (κ2) is 18.4. The molecule has 0 spiro atoms. The zero-order chi connectivity index (χ0) is 37.1. The van der Waals surface area contributed by atoms with Gasteiger partial charge in [-0.05, 0) is 84.3 Å². The molecular weight excluding hydrogens is 695 g/mol. The number of esters is 1. The van der Waals surface area contributed by atoms with Crippen LogP contribution in [-0.4, -0.2) is 66.6 Å². The van der Waals surface area contributed by atoms with Gasteiger partial charge < -0.3 is 14.5 Å². The minimum Gasteiger partial charge on any atom is -0.462 e. The summed E-state index contributed by atoms with van der Waals surface area (Å²) in [4.78, 5) is 37.5. The first-order valence-electron chi connectivity index (χ1n) is 16.8. The number of benzene rings is 3. The third kappa shape index (κ3) is 10.3. The van der Waals surface area contributed by atoms with Gasteiger partial charge in [-0.3, -0.25) is 20.2 Å². The van der Waals surface area contributed by atoms with Gasteiger partial charge in [0.25, 0.3) is 0 Å². The van der Waals surface area contributed by atoms with Crippen molar-refractivity contribution in [2.24, 2.45) is 0 Å². The number of nitrogens with zero attached hydrogens (tertiary/aromatic N) is 6. The average molecular weight is 736 g/mol. The van der Waals surface area contributed by atoms with E-state index in [2.05, 4.69) is 21.9 Å². The minimum atomic E-state index is -0.692.